The van der Waals surface area contributed by atoms with Crippen molar-refractivity contribution in [3.63, 3.8) is 0 Å². The lowest BCUT2D eigenvalue weighted by Crippen LogP contribution is -2.09. The predicted molar refractivity (Wildman–Crippen MR) is 45.0 cm³/mol. The molecule has 0 aliphatic carbocycles. The van der Waals surface area contributed by atoms with Crippen LogP contribution in [0.5, 0.6) is 0 Å². The van der Waals surface area contributed by atoms with E-state index in [2.05, 4.69) is 14.7 Å². The Labute approximate surface area is 73.6 Å². The SMILES string of the molecule is Cn1c(-c2ccncc2)noc1=O. The minimum atomic E-state index is -0.466. The Morgan fingerprint density at radius 1 is 1.38 bits per heavy atom. The van der Waals surface area contributed by atoms with E-state index in [0.717, 1.165) is 5.56 Å². The van der Waals surface area contributed by atoms with Crippen LogP contribution in [-0.2, 0) is 7.05 Å². The first-order chi connectivity index (χ1) is 6.29. The highest BCUT2D eigenvalue weighted by atomic mass is 16.5. The maximum atomic E-state index is 10.9. The van der Waals surface area contributed by atoms with Gasteiger partial charge < -0.3 is 0 Å². The van der Waals surface area contributed by atoms with Crippen LogP contribution in [-0.4, -0.2) is 14.7 Å². The van der Waals surface area contributed by atoms with Crippen LogP contribution < -0.4 is 5.76 Å². The third-order valence-electron chi connectivity index (χ3n) is 1.74. The smallest absolute Gasteiger partial charge is 0.295 e. The van der Waals surface area contributed by atoms with E-state index in [1.807, 2.05) is 0 Å². The van der Waals surface area contributed by atoms with E-state index < -0.39 is 5.76 Å². The molecule has 2 aromatic heterocycles. The van der Waals surface area contributed by atoms with Crippen molar-refractivity contribution in [2.75, 3.05) is 0 Å². The van der Waals surface area contributed by atoms with Crippen molar-refractivity contribution in [3.8, 4) is 11.4 Å². The van der Waals surface area contributed by atoms with Crippen molar-refractivity contribution in [1.29, 1.82) is 0 Å². The van der Waals surface area contributed by atoms with Gasteiger partial charge in [-0.1, -0.05) is 5.16 Å². The maximum Gasteiger partial charge on any atom is 0.441 e. The van der Waals surface area contributed by atoms with E-state index in [0.29, 0.717) is 5.82 Å². The molecule has 2 aromatic rings. The molecule has 2 rings (SSSR count). The van der Waals surface area contributed by atoms with Gasteiger partial charge in [-0.3, -0.25) is 14.1 Å². The fraction of sp³-hybridized carbons (Fsp3) is 0.125. The van der Waals surface area contributed by atoms with Crippen LogP contribution in [0.25, 0.3) is 11.4 Å². The highest BCUT2D eigenvalue weighted by molar-refractivity contribution is 5.52. The van der Waals surface area contributed by atoms with Gasteiger partial charge in [0.15, 0.2) is 5.82 Å². The lowest BCUT2D eigenvalue weighted by molar-refractivity contribution is 0.380. The first kappa shape index (κ1) is 7.72. The van der Waals surface area contributed by atoms with E-state index in [4.69, 9.17) is 0 Å². The molecule has 0 saturated heterocycles. The molecule has 0 bridgehead atoms. The number of hydrogen-bond donors (Lipinski definition) is 0. The summed E-state index contributed by atoms with van der Waals surface area (Å²) in [5, 5.41) is 3.63. The average molecular weight is 177 g/mol. The van der Waals surface area contributed by atoms with E-state index in [1.165, 1.54) is 4.57 Å². The highest BCUT2D eigenvalue weighted by Gasteiger charge is 2.07. The molecule has 0 saturated carbocycles. The molecule has 0 aromatic carbocycles. The summed E-state index contributed by atoms with van der Waals surface area (Å²) in [6.45, 7) is 0. The first-order valence-corrected chi connectivity index (χ1v) is 3.72. The standard InChI is InChI=1S/C8H7N3O2/c1-11-7(10-13-8(11)12)6-2-4-9-5-3-6/h2-5H,1H3. The molecule has 5 heteroatoms. The van der Waals surface area contributed by atoms with Gasteiger partial charge in [-0.05, 0) is 12.1 Å². The molecule has 0 atom stereocenters. The van der Waals surface area contributed by atoms with Gasteiger partial charge in [0.25, 0.3) is 0 Å². The van der Waals surface area contributed by atoms with Gasteiger partial charge in [-0.25, -0.2) is 4.79 Å². The van der Waals surface area contributed by atoms with Crippen LogP contribution >= 0.6 is 0 Å². The molecule has 0 unspecified atom stereocenters. The van der Waals surface area contributed by atoms with Crippen LogP contribution in [0.2, 0.25) is 0 Å². The summed E-state index contributed by atoms with van der Waals surface area (Å²) >= 11 is 0. The summed E-state index contributed by atoms with van der Waals surface area (Å²) < 4.78 is 5.83. The minimum absolute atomic E-state index is 0.466. The van der Waals surface area contributed by atoms with E-state index >= 15 is 0 Å². The number of hydrogen-bond acceptors (Lipinski definition) is 4. The van der Waals surface area contributed by atoms with E-state index in [9.17, 15) is 4.79 Å². The summed E-state index contributed by atoms with van der Waals surface area (Å²) in [4.78, 5) is 14.8. The molecule has 0 aliphatic heterocycles. The minimum Gasteiger partial charge on any atom is -0.295 e. The number of nitrogens with zero attached hydrogens (tertiary/aromatic N) is 3. The van der Waals surface area contributed by atoms with Crippen LogP contribution in [0, 0.1) is 0 Å². The van der Waals surface area contributed by atoms with Gasteiger partial charge in [0.2, 0.25) is 0 Å². The molecule has 0 N–H and O–H groups in total. The molecule has 13 heavy (non-hydrogen) atoms. The second-order valence-corrected chi connectivity index (χ2v) is 2.57. The monoisotopic (exact) mass is 177 g/mol. The van der Waals surface area contributed by atoms with Gasteiger partial charge in [0.05, 0.1) is 0 Å². The Kier molecular flexibility index (Phi) is 1.70. The Hall–Kier alpha value is -1.91. The normalized spacial score (nSPS) is 10.2. The lowest BCUT2D eigenvalue weighted by atomic mass is 10.2. The largest absolute Gasteiger partial charge is 0.441 e. The molecule has 0 amide bonds. The van der Waals surface area contributed by atoms with Crippen molar-refractivity contribution < 1.29 is 4.52 Å². The Morgan fingerprint density at radius 3 is 2.62 bits per heavy atom. The molecule has 0 radical (unpaired) electrons. The van der Waals surface area contributed by atoms with Crippen molar-refractivity contribution in [2.45, 2.75) is 0 Å². The summed E-state index contributed by atoms with van der Waals surface area (Å²) in [5.41, 5.74) is 0.809. The fourth-order valence-corrected chi connectivity index (χ4v) is 1.04. The van der Waals surface area contributed by atoms with Crippen LogP contribution in [0.1, 0.15) is 0 Å². The lowest BCUT2D eigenvalue weighted by Gasteiger charge is -1.95. The average Bonchev–Trinajstić information content (AvgIpc) is 2.49. The van der Waals surface area contributed by atoms with Crippen molar-refractivity contribution in [1.82, 2.24) is 14.7 Å². The van der Waals surface area contributed by atoms with Gasteiger partial charge in [-0.2, -0.15) is 0 Å². The first-order valence-electron chi connectivity index (χ1n) is 3.72. The predicted octanol–water partition coefficient (Wildman–Crippen LogP) is 0.435. The molecular weight excluding hydrogens is 170 g/mol. The molecule has 2 heterocycles. The summed E-state index contributed by atoms with van der Waals surface area (Å²) in [7, 11) is 1.61. The molecular formula is C8H7N3O2. The molecule has 0 fully saturated rings. The second kappa shape index (κ2) is 2.85. The van der Waals surface area contributed by atoms with Crippen LogP contribution in [0.3, 0.4) is 0 Å². The van der Waals surface area contributed by atoms with Gasteiger partial charge >= 0.3 is 5.76 Å². The number of rotatable bonds is 1. The van der Waals surface area contributed by atoms with Gasteiger partial charge in [0, 0.05) is 25.0 Å². The maximum absolute atomic E-state index is 10.9. The van der Waals surface area contributed by atoms with Crippen molar-refractivity contribution in [2.24, 2.45) is 7.05 Å². The van der Waals surface area contributed by atoms with E-state index in [-0.39, 0.29) is 0 Å². The molecule has 0 aliphatic rings. The van der Waals surface area contributed by atoms with Gasteiger partial charge in [-0.15, -0.1) is 0 Å². The van der Waals surface area contributed by atoms with Crippen LogP contribution in [0.4, 0.5) is 0 Å². The van der Waals surface area contributed by atoms with Gasteiger partial charge in [0.1, 0.15) is 0 Å². The van der Waals surface area contributed by atoms with Crippen LogP contribution in [0.15, 0.2) is 33.8 Å². The topological polar surface area (TPSA) is 60.9 Å². The Bertz CT molecular complexity index is 458. The fourth-order valence-electron chi connectivity index (χ4n) is 1.04. The van der Waals surface area contributed by atoms with E-state index in [1.54, 1.807) is 31.6 Å². The van der Waals surface area contributed by atoms with Crippen molar-refractivity contribution in [3.05, 3.63) is 35.1 Å². The summed E-state index contributed by atoms with van der Waals surface area (Å²) in [6, 6.07) is 3.52. The quantitative estimate of drug-likeness (QED) is 0.634. The molecule has 5 nitrogen and oxygen atoms in total. The number of aromatic nitrogens is 3. The third-order valence-corrected chi connectivity index (χ3v) is 1.74. The molecule has 0 spiro atoms. The Balaban J connectivity index is 2.60. The summed E-state index contributed by atoms with van der Waals surface area (Å²) in [5.74, 6) is 0.0409. The zero-order valence-electron chi connectivity index (χ0n) is 6.97. The molecule has 66 valence electrons. The zero-order chi connectivity index (χ0) is 9.26. The van der Waals surface area contributed by atoms with Crippen molar-refractivity contribution >= 4 is 0 Å². The second-order valence-electron chi connectivity index (χ2n) is 2.57. The zero-order valence-corrected chi connectivity index (χ0v) is 6.97. The summed E-state index contributed by atoms with van der Waals surface area (Å²) in [6.07, 6.45) is 3.27. The Morgan fingerprint density at radius 2 is 2.08 bits per heavy atom. The number of pyridine rings is 1. The third kappa shape index (κ3) is 1.24. The highest BCUT2D eigenvalue weighted by Crippen LogP contribution is 2.12.